The molecule has 0 heterocycles. The Morgan fingerprint density at radius 3 is 2.13 bits per heavy atom. The molecule has 2 aliphatic rings. The predicted octanol–water partition coefficient (Wildman–Crippen LogP) is 3.03. The minimum Gasteiger partial charge on any atom is -0.236 e. The Bertz CT molecular complexity index is 271. The molecule has 2 rings (SSSR count). The highest BCUT2D eigenvalue weighted by Crippen LogP contribution is 2.20. The highest BCUT2D eigenvalue weighted by atomic mass is 127. The zero-order valence-corrected chi connectivity index (χ0v) is 17.4. The second-order valence-electron chi connectivity index (χ2n) is 7.42. The minimum absolute atomic E-state index is 0.390. The maximum Gasteiger partial charge on any atom is 0.275 e. The van der Waals surface area contributed by atoms with E-state index >= 15 is 0 Å². The van der Waals surface area contributed by atoms with Gasteiger partial charge in [-0.25, -0.2) is 9.78 Å². The Morgan fingerprint density at radius 1 is 0.739 bits per heavy atom. The highest BCUT2D eigenvalue weighted by molar-refractivity contribution is 4.72. The van der Waals surface area contributed by atoms with Crippen LogP contribution in [0.1, 0.15) is 103 Å². The van der Waals surface area contributed by atoms with Crippen molar-refractivity contribution in [2.75, 3.05) is 6.61 Å². The van der Waals surface area contributed by atoms with Gasteiger partial charge in [-0.15, -0.1) is 0 Å². The first kappa shape index (κ1) is 20.0. The molecule has 0 aromatic carbocycles. The third kappa shape index (κ3) is 9.06. The first-order valence-electron chi connectivity index (χ1n) is 10.3. The molecule has 0 atom stereocenters. The minimum atomic E-state index is 0.390. The molecule has 0 aliphatic heterocycles. The molecule has 2 nitrogen and oxygen atoms in total. The number of rotatable bonds is 11. The van der Waals surface area contributed by atoms with E-state index < -0.39 is 0 Å². The molecule has 2 saturated carbocycles. The van der Waals surface area contributed by atoms with Crippen molar-refractivity contribution >= 4 is 0 Å². The SMILES string of the molecule is CCCCCCCCOOC1CCC([I+]C2CCCCC2)CC1. The maximum absolute atomic E-state index is 5.66. The zero-order valence-electron chi connectivity index (χ0n) is 15.2. The third-order valence-corrected chi connectivity index (χ3v) is 9.81. The standard InChI is InChI=1S/C20H38IO2/c1-2-3-4-5-6-10-17-22-23-20-15-13-19(14-16-20)21-18-11-8-7-9-12-18/h18-20H,2-17H2,1H3/q+1. The van der Waals surface area contributed by atoms with Crippen LogP contribution in [-0.4, -0.2) is 20.6 Å². The van der Waals surface area contributed by atoms with E-state index in [-0.39, 0.29) is 0 Å². The van der Waals surface area contributed by atoms with Gasteiger partial charge in [0.25, 0.3) is 21.2 Å². The summed E-state index contributed by atoms with van der Waals surface area (Å²) < 4.78 is 2.23. The first-order chi connectivity index (χ1) is 11.4. The molecule has 0 unspecified atom stereocenters. The first-order valence-corrected chi connectivity index (χ1v) is 12.8. The third-order valence-electron chi connectivity index (χ3n) is 5.28. The maximum atomic E-state index is 5.66. The van der Waals surface area contributed by atoms with Crippen LogP contribution in [0.4, 0.5) is 0 Å². The Labute approximate surface area is 154 Å². The van der Waals surface area contributed by atoms with Crippen LogP contribution in [-0.2, 0) is 9.78 Å². The molecule has 0 N–H and O–H groups in total. The van der Waals surface area contributed by atoms with Crippen molar-refractivity contribution in [1.29, 1.82) is 0 Å². The summed E-state index contributed by atoms with van der Waals surface area (Å²) in [5.74, 6) is 0. The number of unbranched alkanes of at least 4 members (excludes halogenated alkanes) is 5. The molecular weight excluding hydrogens is 399 g/mol. The number of halogens is 1. The Balaban J connectivity index is 1.42. The fraction of sp³-hybridized carbons (Fsp3) is 1.00. The topological polar surface area (TPSA) is 18.5 Å². The largest absolute Gasteiger partial charge is 0.275 e. The van der Waals surface area contributed by atoms with E-state index in [1.165, 1.54) is 77.0 Å². The summed E-state index contributed by atoms with van der Waals surface area (Å²) in [6.45, 7) is 3.06. The lowest BCUT2D eigenvalue weighted by Crippen LogP contribution is -3.68. The van der Waals surface area contributed by atoms with Gasteiger partial charge in [0.15, 0.2) is 7.85 Å². The van der Waals surface area contributed by atoms with Gasteiger partial charge in [-0.1, -0.05) is 45.4 Å². The van der Waals surface area contributed by atoms with Gasteiger partial charge < -0.3 is 0 Å². The van der Waals surface area contributed by atoms with Gasteiger partial charge in [0.2, 0.25) is 0 Å². The molecule has 0 bridgehead atoms. The van der Waals surface area contributed by atoms with E-state index in [9.17, 15) is 0 Å². The van der Waals surface area contributed by atoms with Crippen molar-refractivity contribution < 1.29 is 31.0 Å². The second-order valence-corrected chi connectivity index (χ2v) is 11.7. The van der Waals surface area contributed by atoms with Gasteiger partial charge in [0, 0.05) is 0 Å². The average molecular weight is 437 g/mol. The van der Waals surface area contributed by atoms with Gasteiger partial charge in [-0.3, -0.25) is 0 Å². The van der Waals surface area contributed by atoms with E-state index in [2.05, 4.69) is 6.92 Å². The molecule has 136 valence electrons. The molecule has 0 saturated heterocycles. The Hall–Kier alpha value is 0.650. The van der Waals surface area contributed by atoms with E-state index in [1.54, 1.807) is 12.8 Å². The van der Waals surface area contributed by atoms with Crippen molar-refractivity contribution in [3.05, 3.63) is 0 Å². The molecule has 0 aromatic heterocycles. The van der Waals surface area contributed by atoms with E-state index in [1.807, 2.05) is 0 Å². The normalized spacial score (nSPS) is 26.5. The van der Waals surface area contributed by atoms with Crippen molar-refractivity contribution in [3.63, 3.8) is 0 Å². The van der Waals surface area contributed by atoms with Crippen LogP contribution in [0.2, 0.25) is 0 Å². The molecule has 3 heteroatoms. The Kier molecular flexibility index (Phi) is 11.2. The molecule has 0 spiro atoms. The fourth-order valence-corrected chi connectivity index (χ4v) is 8.24. The molecule has 2 fully saturated rings. The molecule has 23 heavy (non-hydrogen) atoms. The van der Waals surface area contributed by atoms with Crippen molar-refractivity contribution in [3.8, 4) is 0 Å². The average Bonchev–Trinajstić information content (AvgIpc) is 2.60. The van der Waals surface area contributed by atoms with Gasteiger partial charge in [-0.2, -0.15) is 0 Å². The molecule has 2 aliphatic carbocycles. The lowest BCUT2D eigenvalue weighted by atomic mass is 9.98. The fourth-order valence-electron chi connectivity index (χ4n) is 3.76. The van der Waals surface area contributed by atoms with Gasteiger partial charge in [0.1, 0.15) is 0 Å². The summed E-state index contributed by atoms with van der Waals surface area (Å²) in [6.07, 6.45) is 21.2. The number of alkyl halides is 2. The van der Waals surface area contributed by atoms with Crippen molar-refractivity contribution in [2.45, 2.75) is 117 Å². The molecule has 0 aromatic rings. The molecular formula is C20H38IO2+. The van der Waals surface area contributed by atoms with E-state index in [4.69, 9.17) is 9.78 Å². The highest BCUT2D eigenvalue weighted by Gasteiger charge is 2.36. The smallest absolute Gasteiger partial charge is 0.236 e. The van der Waals surface area contributed by atoms with Crippen LogP contribution in [0.25, 0.3) is 0 Å². The van der Waals surface area contributed by atoms with Crippen LogP contribution in [0.3, 0.4) is 0 Å². The summed E-state index contributed by atoms with van der Waals surface area (Å²) in [5.41, 5.74) is 0. The van der Waals surface area contributed by atoms with Crippen LogP contribution < -0.4 is 21.2 Å². The lowest BCUT2D eigenvalue weighted by molar-refractivity contribution is -0.726. The molecule has 0 amide bonds. The predicted molar refractivity (Wildman–Crippen MR) is 93.3 cm³/mol. The summed E-state index contributed by atoms with van der Waals surface area (Å²) in [6, 6.07) is 0. The Morgan fingerprint density at radius 2 is 1.39 bits per heavy atom. The monoisotopic (exact) mass is 437 g/mol. The number of hydrogen-bond acceptors (Lipinski definition) is 2. The lowest BCUT2D eigenvalue weighted by Gasteiger charge is -2.23. The van der Waals surface area contributed by atoms with E-state index in [0.717, 1.165) is 20.9 Å². The summed E-state index contributed by atoms with van der Waals surface area (Å²) >= 11 is 0.439. The van der Waals surface area contributed by atoms with Gasteiger partial charge in [0.05, 0.1) is 12.7 Å². The van der Waals surface area contributed by atoms with Crippen molar-refractivity contribution in [1.82, 2.24) is 0 Å². The van der Waals surface area contributed by atoms with Crippen LogP contribution in [0.5, 0.6) is 0 Å². The molecule has 0 radical (unpaired) electrons. The summed E-state index contributed by atoms with van der Waals surface area (Å²) in [5, 5.41) is 0. The van der Waals surface area contributed by atoms with Crippen molar-refractivity contribution in [2.24, 2.45) is 0 Å². The van der Waals surface area contributed by atoms with Crippen LogP contribution >= 0.6 is 0 Å². The van der Waals surface area contributed by atoms with E-state index in [0.29, 0.717) is 27.3 Å². The number of hydrogen-bond donors (Lipinski definition) is 0. The van der Waals surface area contributed by atoms with Gasteiger partial charge >= 0.3 is 0 Å². The van der Waals surface area contributed by atoms with Crippen LogP contribution in [0, 0.1) is 0 Å². The quantitative estimate of drug-likeness (QED) is 0.163. The second kappa shape index (κ2) is 12.9. The summed E-state index contributed by atoms with van der Waals surface area (Å²) in [7, 11) is 0. The summed E-state index contributed by atoms with van der Waals surface area (Å²) in [4.78, 5) is 11.1. The zero-order chi connectivity index (χ0) is 16.2. The van der Waals surface area contributed by atoms with Gasteiger partial charge in [-0.05, 0) is 57.8 Å². The van der Waals surface area contributed by atoms with Crippen LogP contribution in [0.15, 0.2) is 0 Å².